The Morgan fingerprint density at radius 1 is 1.31 bits per heavy atom. The van der Waals surface area contributed by atoms with Gasteiger partial charge in [-0.05, 0) is 37.3 Å². The predicted octanol–water partition coefficient (Wildman–Crippen LogP) is 3.01. The van der Waals surface area contributed by atoms with Gasteiger partial charge in [-0.3, -0.25) is 9.59 Å². The van der Waals surface area contributed by atoms with E-state index in [4.69, 9.17) is 0 Å². The standard InChI is InChI=1S/C21H25N3O2/c1-14(21(26)24-10-9-18-19(12-24)23-13-22-18)16-7-5-15(6-8-16)11-17-3-2-4-20(17)25/h5-8,13-14,17H,2-4,9-12H2,1H3,(H,22,23)/t14-,17+/m1/s1. The number of hydrogen-bond donors (Lipinski definition) is 1. The first-order valence-corrected chi connectivity index (χ1v) is 9.53. The van der Waals surface area contributed by atoms with Crippen LogP contribution in [0.25, 0.3) is 0 Å². The smallest absolute Gasteiger partial charge is 0.230 e. The fourth-order valence-electron chi connectivity index (χ4n) is 4.15. The van der Waals surface area contributed by atoms with Gasteiger partial charge in [0.2, 0.25) is 5.91 Å². The molecule has 1 aromatic heterocycles. The Bertz CT molecular complexity index is 809. The number of ketones is 1. The van der Waals surface area contributed by atoms with Crippen LogP contribution in [-0.2, 0) is 29.0 Å². The van der Waals surface area contributed by atoms with Crippen LogP contribution in [0.3, 0.4) is 0 Å². The van der Waals surface area contributed by atoms with Gasteiger partial charge < -0.3 is 9.88 Å². The average Bonchev–Trinajstić information content (AvgIpc) is 3.29. The molecular weight excluding hydrogens is 326 g/mol. The Hall–Kier alpha value is -2.43. The number of amides is 1. The lowest BCUT2D eigenvalue weighted by Crippen LogP contribution is -2.38. The lowest BCUT2D eigenvalue weighted by Gasteiger charge is -2.29. The SMILES string of the molecule is C[C@@H](C(=O)N1CCc2nc[nH]c2C1)c1ccc(C[C@@H]2CCCC2=O)cc1. The maximum atomic E-state index is 12.9. The second kappa shape index (κ2) is 7.06. The summed E-state index contributed by atoms with van der Waals surface area (Å²) < 4.78 is 0. The van der Waals surface area contributed by atoms with Crippen molar-refractivity contribution in [3.8, 4) is 0 Å². The lowest BCUT2D eigenvalue weighted by atomic mass is 9.93. The Morgan fingerprint density at radius 3 is 2.85 bits per heavy atom. The number of H-pyrrole nitrogens is 1. The van der Waals surface area contributed by atoms with Crippen molar-refractivity contribution in [1.29, 1.82) is 0 Å². The number of aromatic amines is 1. The number of imidazole rings is 1. The quantitative estimate of drug-likeness (QED) is 0.921. The molecule has 5 nitrogen and oxygen atoms in total. The van der Waals surface area contributed by atoms with Gasteiger partial charge in [-0.1, -0.05) is 24.3 Å². The molecule has 5 heteroatoms. The molecular formula is C21H25N3O2. The summed E-state index contributed by atoms with van der Waals surface area (Å²) in [5, 5.41) is 0. The molecule has 2 atom stereocenters. The van der Waals surface area contributed by atoms with Gasteiger partial charge in [-0.15, -0.1) is 0 Å². The molecule has 0 bridgehead atoms. The monoisotopic (exact) mass is 351 g/mol. The molecule has 0 radical (unpaired) electrons. The first-order chi connectivity index (χ1) is 12.6. The Balaban J connectivity index is 1.40. The number of nitrogens with one attached hydrogen (secondary N) is 1. The van der Waals surface area contributed by atoms with Crippen LogP contribution in [0.2, 0.25) is 0 Å². The highest BCUT2D eigenvalue weighted by molar-refractivity contribution is 5.84. The van der Waals surface area contributed by atoms with Gasteiger partial charge in [0.25, 0.3) is 0 Å². The second-order valence-corrected chi connectivity index (χ2v) is 7.56. The van der Waals surface area contributed by atoms with Gasteiger partial charge in [0, 0.05) is 25.3 Å². The topological polar surface area (TPSA) is 66.1 Å². The fraction of sp³-hybridized carbons (Fsp3) is 0.476. The van der Waals surface area contributed by atoms with E-state index in [2.05, 4.69) is 22.1 Å². The molecule has 1 saturated carbocycles. The summed E-state index contributed by atoms with van der Waals surface area (Å²) in [5.41, 5.74) is 4.35. The van der Waals surface area contributed by atoms with Crippen molar-refractivity contribution >= 4 is 11.7 Å². The number of rotatable bonds is 4. The largest absolute Gasteiger partial charge is 0.347 e. The van der Waals surface area contributed by atoms with Crippen molar-refractivity contribution in [1.82, 2.24) is 14.9 Å². The van der Waals surface area contributed by atoms with Crippen molar-refractivity contribution < 1.29 is 9.59 Å². The minimum absolute atomic E-state index is 0.156. The van der Waals surface area contributed by atoms with Crippen molar-refractivity contribution in [2.24, 2.45) is 5.92 Å². The molecule has 2 aliphatic rings. The first kappa shape index (κ1) is 17.0. The number of carbonyl (C=O) groups excluding carboxylic acids is 2. The van der Waals surface area contributed by atoms with Crippen LogP contribution >= 0.6 is 0 Å². The van der Waals surface area contributed by atoms with E-state index in [1.165, 1.54) is 5.56 Å². The number of aromatic nitrogens is 2. The predicted molar refractivity (Wildman–Crippen MR) is 98.6 cm³/mol. The summed E-state index contributed by atoms with van der Waals surface area (Å²) in [6, 6.07) is 8.24. The van der Waals surface area contributed by atoms with E-state index in [0.29, 0.717) is 12.3 Å². The molecule has 26 heavy (non-hydrogen) atoms. The highest BCUT2D eigenvalue weighted by Crippen LogP contribution is 2.27. The number of hydrogen-bond acceptors (Lipinski definition) is 3. The molecule has 1 amide bonds. The number of benzene rings is 1. The van der Waals surface area contributed by atoms with Crippen LogP contribution in [-0.4, -0.2) is 33.1 Å². The van der Waals surface area contributed by atoms with E-state index in [-0.39, 0.29) is 17.7 Å². The van der Waals surface area contributed by atoms with Crippen LogP contribution in [0, 0.1) is 5.92 Å². The van der Waals surface area contributed by atoms with Crippen LogP contribution in [0.4, 0.5) is 0 Å². The molecule has 1 aromatic carbocycles. The van der Waals surface area contributed by atoms with Crippen LogP contribution in [0.15, 0.2) is 30.6 Å². The maximum absolute atomic E-state index is 12.9. The first-order valence-electron chi connectivity index (χ1n) is 9.53. The number of carbonyl (C=O) groups is 2. The van der Waals surface area contributed by atoms with Crippen molar-refractivity contribution in [3.63, 3.8) is 0 Å². The minimum atomic E-state index is -0.165. The molecule has 2 aromatic rings. The van der Waals surface area contributed by atoms with Gasteiger partial charge in [0.15, 0.2) is 0 Å². The van der Waals surface area contributed by atoms with Gasteiger partial charge in [0.05, 0.1) is 30.2 Å². The van der Waals surface area contributed by atoms with Gasteiger partial charge >= 0.3 is 0 Å². The highest BCUT2D eigenvalue weighted by Gasteiger charge is 2.27. The van der Waals surface area contributed by atoms with Crippen molar-refractivity contribution in [2.75, 3.05) is 6.54 Å². The fourth-order valence-corrected chi connectivity index (χ4v) is 4.15. The number of nitrogens with zero attached hydrogens (tertiary/aromatic N) is 2. The minimum Gasteiger partial charge on any atom is -0.347 e. The lowest BCUT2D eigenvalue weighted by molar-refractivity contribution is -0.133. The molecule has 4 rings (SSSR count). The third-order valence-corrected chi connectivity index (χ3v) is 5.85. The van der Waals surface area contributed by atoms with Crippen LogP contribution in [0.1, 0.15) is 54.6 Å². The Kier molecular flexibility index (Phi) is 4.62. The zero-order valence-electron chi connectivity index (χ0n) is 15.2. The molecule has 2 heterocycles. The Morgan fingerprint density at radius 2 is 2.12 bits per heavy atom. The summed E-state index contributed by atoms with van der Waals surface area (Å²) in [4.78, 5) is 34.1. The molecule has 1 fully saturated rings. The summed E-state index contributed by atoms with van der Waals surface area (Å²) >= 11 is 0. The third kappa shape index (κ3) is 3.30. The summed E-state index contributed by atoms with van der Waals surface area (Å²) in [6.45, 7) is 3.31. The molecule has 0 saturated heterocycles. The van der Waals surface area contributed by atoms with Gasteiger partial charge in [-0.2, -0.15) is 0 Å². The van der Waals surface area contributed by atoms with Crippen molar-refractivity contribution in [2.45, 2.75) is 51.5 Å². The highest BCUT2D eigenvalue weighted by atomic mass is 16.2. The molecule has 1 N–H and O–H groups in total. The van der Waals surface area contributed by atoms with E-state index in [1.807, 2.05) is 24.0 Å². The maximum Gasteiger partial charge on any atom is 0.230 e. The normalized spacial score (nSPS) is 20.9. The third-order valence-electron chi connectivity index (χ3n) is 5.85. The van der Waals surface area contributed by atoms with E-state index in [1.54, 1.807) is 6.33 Å². The number of fused-ring (bicyclic) bond motifs is 1. The van der Waals surface area contributed by atoms with Gasteiger partial charge in [0.1, 0.15) is 5.78 Å². The van der Waals surface area contributed by atoms with E-state index in [9.17, 15) is 9.59 Å². The molecule has 1 aliphatic heterocycles. The zero-order valence-corrected chi connectivity index (χ0v) is 15.2. The molecule has 1 aliphatic carbocycles. The van der Waals surface area contributed by atoms with E-state index < -0.39 is 0 Å². The van der Waals surface area contributed by atoms with E-state index in [0.717, 1.165) is 55.6 Å². The van der Waals surface area contributed by atoms with Crippen LogP contribution in [0.5, 0.6) is 0 Å². The summed E-state index contributed by atoms with van der Waals surface area (Å²) in [7, 11) is 0. The number of Topliss-reactive ketones (excluding diaryl/α,β-unsaturated/α-hetero) is 1. The molecule has 0 spiro atoms. The zero-order chi connectivity index (χ0) is 18.1. The van der Waals surface area contributed by atoms with Gasteiger partial charge in [-0.25, -0.2) is 4.98 Å². The molecule has 0 unspecified atom stereocenters. The summed E-state index contributed by atoms with van der Waals surface area (Å²) in [6.07, 6.45) is 6.13. The van der Waals surface area contributed by atoms with Crippen LogP contribution < -0.4 is 0 Å². The van der Waals surface area contributed by atoms with Crippen molar-refractivity contribution in [3.05, 3.63) is 53.1 Å². The second-order valence-electron chi connectivity index (χ2n) is 7.56. The average molecular weight is 351 g/mol. The molecule has 136 valence electrons. The van der Waals surface area contributed by atoms with E-state index >= 15 is 0 Å². The Labute approximate surface area is 153 Å². The summed E-state index contributed by atoms with van der Waals surface area (Å²) in [5.74, 6) is 0.586.